The molecule has 1 atom stereocenters. The maximum absolute atomic E-state index is 13.1. The molecular formula is C14H22FN. The highest BCUT2D eigenvalue weighted by atomic mass is 19.1. The molecule has 1 unspecified atom stereocenters. The maximum Gasteiger partial charge on any atom is 0.126 e. The van der Waals surface area contributed by atoms with Crippen molar-refractivity contribution < 1.29 is 4.39 Å². The maximum atomic E-state index is 13.1. The lowest BCUT2D eigenvalue weighted by atomic mass is 10.0. The van der Waals surface area contributed by atoms with E-state index < -0.39 is 0 Å². The second-order valence-electron chi connectivity index (χ2n) is 4.48. The molecule has 0 saturated heterocycles. The van der Waals surface area contributed by atoms with Crippen molar-refractivity contribution in [3.05, 3.63) is 35.1 Å². The molecule has 1 nitrogen and oxygen atoms in total. The van der Waals surface area contributed by atoms with Crippen LogP contribution >= 0.6 is 0 Å². The van der Waals surface area contributed by atoms with Crippen LogP contribution < -0.4 is 5.32 Å². The van der Waals surface area contributed by atoms with Gasteiger partial charge in [-0.15, -0.1) is 0 Å². The van der Waals surface area contributed by atoms with Crippen LogP contribution in [0.3, 0.4) is 0 Å². The highest BCUT2D eigenvalue weighted by molar-refractivity contribution is 5.24. The summed E-state index contributed by atoms with van der Waals surface area (Å²) >= 11 is 0. The van der Waals surface area contributed by atoms with Crippen molar-refractivity contribution in [3.63, 3.8) is 0 Å². The number of nitrogens with one attached hydrogen (secondary N) is 1. The average Bonchev–Trinajstić information content (AvgIpc) is 2.28. The van der Waals surface area contributed by atoms with Gasteiger partial charge in [0, 0.05) is 6.04 Å². The first-order valence-corrected chi connectivity index (χ1v) is 6.12. The lowest BCUT2D eigenvalue weighted by Gasteiger charge is -2.13. The van der Waals surface area contributed by atoms with Crippen LogP contribution in [0.4, 0.5) is 4.39 Å². The summed E-state index contributed by atoms with van der Waals surface area (Å²) in [5.74, 6) is -0.110. The molecule has 16 heavy (non-hydrogen) atoms. The van der Waals surface area contributed by atoms with Crippen molar-refractivity contribution in [2.24, 2.45) is 0 Å². The van der Waals surface area contributed by atoms with Crippen molar-refractivity contribution in [1.82, 2.24) is 5.32 Å². The minimum absolute atomic E-state index is 0.110. The van der Waals surface area contributed by atoms with Crippen LogP contribution in [0.25, 0.3) is 0 Å². The SMILES string of the molecule is CCCNC(C)CCc1ccc(F)c(C)c1. The molecule has 1 aromatic rings. The van der Waals surface area contributed by atoms with Gasteiger partial charge in [-0.1, -0.05) is 19.1 Å². The Morgan fingerprint density at radius 1 is 1.38 bits per heavy atom. The first kappa shape index (κ1) is 13.2. The van der Waals surface area contributed by atoms with Crippen molar-refractivity contribution in [2.45, 2.75) is 46.1 Å². The van der Waals surface area contributed by atoms with E-state index in [-0.39, 0.29) is 5.82 Å². The summed E-state index contributed by atoms with van der Waals surface area (Å²) in [7, 11) is 0. The van der Waals surface area contributed by atoms with Crippen LogP contribution in [0.1, 0.15) is 37.8 Å². The van der Waals surface area contributed by atoms with Crippen LogP contribution in [-0.4, -0.2) is 12.6 Å². The summed E-state index contributed by atoms with van der Waals surface area (Å²) in [6.07, 6.45) is 3.28. The lowest BCUT2D eigenvalue weighted by molar-refractivity contribution is 0.513. The molecule has 0 heterocycles. The van der Waals surface area contributed by atoms with Gasteiger partial charge in [0.05, 0.1) is 0 Å². The van der Waals surface area contributed by atoms with Crippen LogP contribution in [0.2, 0.25) is 0 Å². The molecule has 1 N–H and O–H groups in total. The number of aryl methyl sites for hydroxylation is 2. The normalized spacial score (nSPS) is 12.8. The molecular weight excluding hydrogens is 201 g/mol. The second kappa shape index (κ2) is 6.64. The number of hydrogen-bond acceptors (Lipinski definition) is 1. The summed E-state index contributed by atoms with van der Waals surface area (Å²) in [4.78, 5) is 0. The van der Waals surface area contributed by atoms with Gasteiger partial charge < -0.3 is 5.32 Å². The van der Waals surface area contributed by atoms with E-state index in [9.17, 15) is 4.39 Å². The predicted molar refractivity (Wildman–Crippen MR) is 67.2 cm³/mol. The molecule has 0 saturated carbocycles. The average molecular weight is 223 g/mol. The quantitative estimate of drug-likeness (QED) is 0.779. The fourth-order valence-corrected chi connectivity index (χ4v) is 1.74. The Bertz CT molecular complexity index is 323. The molecule has 0 aromatic heterocycles. The molecule has 0 bridgehead atoms. The molecule has 0 spiro atoms. The van der Waals surface area contributed by atoms with Crippen LogP contribution in [0.5, 0.6) is 0 Å². The van der Waals surface area contributed by atoms with Crippen molar-refractivity contribution in [3.8, 4) is 0 Å². The molecule has 0 aliphatic heterocycles. The first-order valence-electron chi connectivity index (χ1n) is 6.12. The molecule has 0 aliphatic rings. The Kier molecular flexibility index (Phi) is 5.47. The Morgan fingerprint density at radius 3 is 2.75 bits per heavy atom. The summed E-state index contributed by atoms with van der Waals surface area (Å²) in [5, 5.41) is 3.45. The molecule has 2 heteroatoms. The third-order valence-corrected chi connectivity index (χ3v) is 2.83. The molecule has 0 radical (unpaired) electrons. The monoisotopic (exact) mass is 223 g/mol. The molecule has 0 aliphatic carbocycles. The zero-order valence-corrected chi connectivity index (χ0v) is 10.5. The fourth-order valence-electron chi connectivity index (χ4n) is 1.74. The van der Waals surface area contributed by atoms with Gasteiger partial charge >= 0.3 is 0 Å². The van der Waals surface area contributed by atoms with Crippen LogP contribution in [-0.2, 0) is 6.42 Å². The Morgan fingerprint density at radius 2 is 2.12 bits per heavy atom. The second-order valence-corrected chi connectivity index (χ2v) is 4.48. The molecule has 0 amide bonds. The Balaban J connectivity index is 2.39. The highest BCUT2D eigenvalue weighted by Gasteiger charge is 2.03. The number of benzene rings is 1. The van der Waals surface area contributed by atoms with E-state index in [1.807, 2.05) is 19.1 Å². The smallest absolute Gasteiger partial charge is 0.126 e. The topological polar surface area (TPSA) is 12.0 Å². The van der Waals surface area contributed by atoms with Gasteiger partial charge in [0.25, 0.3) is 0 Å². The van der Waals surface area contributed by atoms with E-state index in [0.717, 1.165) is 24.9 Å². The Hall–Kier alpha value is -0.890. The van der Waals surface area contributed by atoms with Gasteiger partial charge in [-0.3, -0.25) is 0 Å². The van der Waals surface area contributed by atoms with E-state index in [1.54, 1.807) is 6.07 Å². The van der Waals surface area contributed by atoms with Gasteiger partial charge in [0.15, 0.2) is 0 Å². The van der Waals surface area contributed by atoms with Gasteiger partial charge in [-0.05, 0) is 56.8 Å². The fraction of sp³-hybridized carbons (Fsp3) is 0.571. The van der Waals surface area contributed by atoms with Gasteiger partial charge in [-0.2, -0.15) is 0 Å². The largest absolute Gasteiger partial charge is 0.314 e. The van der Waals surface area contributed by atoms with E-state index in [1.165, 1.54) is 12.0 Å². The highest BCUT2D eigenvalue weighted by Crippen LogP contribution is 2.11. The minimum Gasteiger partial charge on any atom is -0.314 e. The summed E-state index contributed by atoms with van der Waals surface area (Å²) < 4.78 is 13.1. The van der Waals surface area contributed by atoms with E-state index in [0.29, 0.717) is 6.04 Å². The zero-order valence-electron chi connectivity index (χ0n) is 10.5. The van der Waals surface area contributed by atoms with Gasteiger partial charge in [0.2, 0.25) is 0 Å². The standard InChI is InChI=1S/C14H22FN/c1-4-9-16-12(3)5-6-13-7-8-14(15)11(2)10-13/h7-8,10,12,16H,4-6,9H2,1-3H3. The van der Waals surface area contributed by atoms with Crippen LogP contribution in [0.15, 0.2) is 18.2 Å². The van der Waals surface area contributed by atoms with Gasteiger partial charge in [0.1, 0.15) is 5.82 Å². The third-order valence-electron chi connectivity index (χ3n) is 2.83. The predicted octanol–water partition coefficient (Wildman–Crippen LogP) is 3.45. The summed E-state index contributed by atoms with van der Waals surface area (Å²) in [5.41, 5.74) is 1.97. The Labute approximate surface area is 98.1 Å². The molecule has 90 valence electrons. The number of halogens is 1. The third kappa shape index (κ3) is 4.31. The van der Waals surface area contributed by atoms with Crippen molar-refractivity contribution >= 4 is 0 Å². The molecule has 0 fully saturated rings. The number of rotatable bonds is 6. The van der Waals surface area contributed by atoms with E-state index in [4.69, 9.17) is 0 Å². The zero-order chi connectivity index (χ0) is 12.0. The lowest BCUT2D eigenvalue weighted by Crippen LogP contribution is -2.27. The minimum atomic E-state index is -0.110. The number of hydrogen-bond donors (Lipinski definition) is 1. The van der Waals surface area contributed by atoms with Crippen molar-refractivity contribution in [1.29, 1.82) is 0 Å². The molecule has 1 rings (SSSR count). The van der Waals surface area contributed by atoms with E-state index >= 15 is 0 Å². The summed E-state index contributed by atoms with van der Waals surface area (Å²) in [6.45, 7) is 7.26. The first-order chi connectivity index (χ1) is 7.63. The van der Waals surface area contributed by atoms with Crippen LogP contribution in [0, 0.1) is 12.7 Å². The van der Waals surface area contributed by atoms with E-state index in [2.05, 4.69) is 19.2 Å². The van der Waals surface area contributed by atoms with Gasteiger partial charge in [-0.25, -0.2) is 4.39 Å². The molecule has 1 aromatic carbocycles. The van der Waals surface area contributed by atoms with Crippen molar-refractivity contribution in [2.75, 3.05) is 6.54 Å². The summed E-state index contributed by atoms with van der Waals surface area (Å²) in [6, 6.07) is 5.93.